The topological polar surface area (TPSA) is 68.0 Å². The van der Waals surface area contributed by atoms with Gasteiger partial charge in [-0.3, -0.25) is 4.79 Å². The van der Waals surface area contributed by atoms with E-state index in [9.17, 15) is 9.18 Å². The van der Waals surface area contributed by atoms with E-state index in [1.807, 2.05) is 6.07 Å². The average molecular weight is 386 g/mol. The predicted molar refractivity (Wildman–Crippen MR) is 89.6 cm³/mol. The smallest absolute Gasteiger partial charge is 0.270 e. The first-order valence-electron chi connectivity index (χ1n) is 6.96. The van der Waals surface area contributed by atoms with Crippen LogP contribution in [0.25, 0.3) is 0 Å². The Morgan fingerprint density at radius 1 is 1.41 bits per heavy atom. The highest BCUT2D eigenvalue weighted by Gasteiger charge is 2.10. The molecule has 0 aliphatic rings. The molecule has 0 saturated heterocycles. The van der Waals surface area contributed by atoms with Gasteiger partial charge in [0.25, 0.3) is 5.91 Å². The standard InChI is InChI=1S/C15H17BrFN3OS/c16-11-4-3-10(12(17)8-11)2-1-7-19-15(21)13-9-22-14(20-13)5-6-18/h3-4,8-9H,1-2,5-7,18H2,(H,19,21). The molecule has 118 valence electrons. The maximum atomic E-state index is 13.6. The zero-order valence-electron chi connectivity index (χ0n) is 11.9. The zero-order valence-corrected chi connectivity index (χ0v) is 14.3. The Labute approximate surface area is 141 Å². The van der Waals surface area contributed by atoms with Crippen molar-refractivity contribution in [3.63, 3.8) is 0 Å². The number of carbonyl (C=O) groups is 1. The third-order valence-electron chi connectivity index (χ3n) is 3.07. The number of aromatic nitrogens is 1. The Balaban J connectivity index is 1.76. The second-order valence-corrected chi connectivity index (χ2v) is 6.62. The number of halogens is 2. The summed E-state index contributed by atoms with van der Waals surface area (Å²) < 4.78 is 14.4. The Bertz CT molecular complexity index is 647. The van der Waals surface area contributed by atoms with Crippen LogP contribution in [-0.2, 0) is 12.8 Å². The van der Waals surface area contributed by atoms with Crippen molar-refractivity contribution in [1.82, 2.24) is 10.3 Å². The molecule has 3 N–H and O–H groups in total. The van der Waals surface area contributed by atoms with Gasteiger partial charge >= 0.3 is 0 Å². The molecule has 0 bridgehead atoms. The van der Waals surface area contributed by atoms with Crippen LogP contribution in [0.2, 0.25) is 0 Å². The van der Waals surface area contributed by atoms with Crippen LogP contribution in [-0.4, -0.2) is 24.0 Å². The lowest BCUT2D eigenvalue weighted by Gasteiger charge is -2.05. The summed E-state index contributed by atoms with van der Waals surface area (Å²) in [6, 6.07) is 5.01. The summed E-state index contributed by atoms with van der Waals surface area (Å²) in [5.74, 6) is -0.428. The van der Waals surface area contributed by atoms with Crippen molar-refractivity contribution < 1.29 is 9.18 Å². The Morgan fingerprint density at radius 3 is 2.95 bits per heavy atom. The van der Waals surface area contributed by atoms with Crippen LogP contribution in [0.1, 0.15) is 27.5 Å². The van der Waals surface area contributed by atoms with Crippen LogP contribution in [0.15, 0.2) is 28.1 Å². The fourth-order valence-electron chi connectivity index (χ4n) is 1.95. The largest absolute Gasteiger partial charge is 0.351 e. The Hall–Kier alpha value is -1.31. The van der Waals surface area contributed by atoms with E-state index in [-0.39, 0.29) is 11.7 Å². The molecule has 0 unspecified atom stereocenters. The number of nitrogens with one attached hydrogen (secondary N) is 1. The van der Waals surface area contributed by atoms with Crippen LogP contribution >= 0.6 is 27.3 Å². The number of nitrogens with zero attached hydrogens (tertiary/aromatic N) is 1. The predicted octanol–water partition coefficient (Wildman–Crippen LogP) is 2.91. The molecule has 0 spiro atoms. The number of nitrogens with two attached hydrogens (primary N) is 1. The molecular weight excluding hydrogens is 369 g/mol. The van der Waals surface area contributed by atoms with Gasteiger partial charge in [0.1, 0.15) is 11.5 Å². The molecule has 1 amide bonds. The molecule has 0 fully saturated rings. The first kappa shape index (κ1) is 17.1. The van der Waals surface area contributed by atoms with Gasteiger partial charge in [0.05, 0.1) is 5.01 Å². The lowest BCUT2D eigenvalue weighted by Crippen LogP contribution is -2.25. The fourth-order valence-corrected chi connectivity index (χ4v) is 3.08. The highest BCUT2D eigenvalue weighted by atomic mass is 79.9. The molecule has 0 aliphatic heterocycles. The van der Waals surface area contributed by atoms with E-state index in [1.165, 1.54) is 17.4 Å². The van der Waals surface area contributed by atoms with Gasteiger partial charge in [-0.25, -0.2) is 9.37 Å². The van der Waals surface area contributed by atoms with Gasteiger partial charge < -0.3 is 11.1 Å². The second-order valence-electron chi connectivity index (χ2n) is 4.76. The molecule has 22 heavy (non-hydrogen) atoms. The van der Waals surface area contributed by atoms with Crippen molar-refractivity contribution in [3.8, 4) is 0 Å². The molecule has 1 aromatic carbocycles. The van der Waals surface area contributed by atoms with Crippen LogP contribution in [0, 0.1) is 5.82 Å². The van der Waals surface area contributed by atoms with E-state index < -0.39 is 0 Å². The number of amides is 1. The molecule has 1 heterocycles. The van der Waals surface area contributed by atoms with Crippen LogP contribution in [0.5, 0.6) is 0 Å². The molecule has 0 radical (unpaired) electrons. The second kappa shape index (κ2) is 8.36. The molecule has 0 saturated carbocycles. The third-order valence-corrected chi connectivity index (χ3v) is 4.47. The normalized spacial score (nSPS) is 10.7. The van der Waals surface area contributed by atoms with Crippen molar-refractivity contribution in [2.24, 2.45) is 5.73 Å². The van der Waals surface area contributed by atoms with E-state index in [1.54, 1.807) is 11.4 Å². The number of hydrogen-bond acceptors (Lipinski definition) is 4. The molecule has 4 nitrogen and oxygen atoms in total. The summed E-state index contributed by atoms with van der Waals surface area (Å²) in [5, 5.41) is 5.39. The minimum absolute atomic E-state index is 0.198. The average Bonchev–Trinajstić information content (AvgIpc) is 2.94. The monoisotopic (exact) mass is 385 g/mol. The number of benzene rings is 1. The highest BCUT2D eigenvalue weighted by Crippen LogP contribution is 2.16. The van der Waals surface area contributed by atoms with Gasteiger partial charge in [-0.15, -0.1) is 11.3 Å². The van der Waals surface area contributed by atoms with Gasteiger partial charge in [-0.2, -0.15) is 0 Å². The van der Waals surface area contributed by atoms with Crippen molar-refractivity contribution in [2.45, 2.75) is 19.3 Å². The van der Waals surface area contributed by atoms with E-state index in [2.05, 4.69) is 26.2 Å². The Kier molecular flexibility index (Phi) is 6.48. The molecule has 1 aromatic heterocycles. The van der Waals surface area contributed by atoms with E-state index in [0.29, 0.717) is 43.6 Å². The van der Waals surface area contributed by atoms with Crippen molar-refractivity contribution >= 4 is 33.2 Å². The van der Waals surface area contributed by atoms with Gasteiger partial charge in [0.15, 0.2) is 0 Å². The quantitative estimate of drug-likeness (QED) is 0.719. The highest BCUT2D eigenvalue weighted by molar-refractivity contribution is 9.10. The molecule has 2 aromatic rings. The van der Waals surface area contributed by atoms with Crippen LogP contribution in [0.3, 0.4) is 0 Å². The maximum Gasteiger partial charge on any atom is 0.270 e. The minimum Gasteiger partial charge on any atom is -0.351 e. The SMILES string of the molecule is NCCc1nc(C(=O)NCCCc2ccc(Br)cc2F)cs1. The number of aryl methyl sites for hydroxylation is 1. The summed E-state index contributed by atoms with van der Waals surface area (Å²) in [5.41, 5.74) is 6.52. The summed E-state index contributed by atoms with van der Waals surface area (Å²) in [7, 11) is 0. The zero-order chi connectivity index (χ0) is 15.9. The number of hydrogen-bond donors (Lipinski definition) is 2. The fraction of sp³-hybridized carbons (Fsp3) is 0.333. The van der Waals surface area contributed by atoms with E-state index in [4.69, 9.17) is 5.73 Å². The molecule has 0 atom stereocenters. The van der Waals surface area contributed by atoms with Crippen LogP contribution in [0.4, 0.5) is 4.39 Å². The van der Waals surface area contributed by atoms with E-state index >= 15 is 0 Å². The number of thiazole rings is 1. The van der Waals surface area contributed by atoms with Gasteiger partial charge in [0.2, 0.25) is 0 Å². The maximum absolute atomic E-state index is 13.6. The summed E-state index contributed by atoms with van der Waals surface area (Å²) in [6.07, 6.45) is 1.93. The number of rotatable bonds is 7. The van der Waals surface area contributed by atoms with Crippen molar-refractivity contribution in [2.75, 3.05) is 13.1 Å². The van der Waals surface area contributed by atoms with Gasteiger partial charge in [-0.1, -0.05) is 22.0 Å². The van der Waals surface area contributed by atoms with Crippen LogP contribution < -0.4 is 11.1 Å². The molecule has 7 heteroatoms. The summed E-state index contributed by atoms with van der Waals surface area (Å²) in [4.78, 5) is 16.1. The first-order valence-corrected chi connectivity index (χ1v) is 8.64. The lowest BCUT2D eigenvalue weighted by atomic mass is 10.1. The minimum atomic E-state index is -0.230. The Morgan fingerprint density at radius 2 is 2.23 bits per heavy atom. The van der Waals surface area contributed by atoms with Crippen molar-refractivity contribution in [3.05, 3.63) is 50.1 Å². The van der Waals surface area contributed by atoms with Crippen molar-refractivity contribution in [1.29, 1.82) is 0 Å². The third kappa shape index (κ3) is 4.86. The first-order chi connectivity index (χ1) is 10.6. The molecule has 2 rings (SSSR count). The summed E-state index contributed by atoms with van der Waals surface area (Å²) in [6.45, 7) is 1.01. The number of carbonyl (C=O) groups excluding carboxylic acids is 1. The molecular formula is C15H17BrFN3OS. The van der Waals surface area contributed by atoms with Gasteiger partial charge in [0, 0.05) is 22.8 Å². The lowest BCUT2D eigenvalue weighted by molar-refractivity contribution is 0.0949. The summed E-state index contributed by atoms with van der Waals surface area (Å²) >= 11 is 4.66. The molecule has 0 aliphatic carbocycles. The van der Waals surface area contributed by atoms with Gasteiger partial charge in [-0.05, 0) is 37.1 Å². The van der Waals surface area contributed by atoms with E-state index in [0.717, 1.165) is 9.48 Å².